The highest BCUT2D eigenvalue weighted by Gasteiger charge is 2.27. The lowest BCUT2D eigenvalue weighted by atomic mass is 10.1. The van der Waals surface area contributed by atoms with E-state index in [0.717, 1.165) is 16.8 Å². The fourth-order valence-electron chi connectivity index (χ4n) is 2.63. The minimum atomic E-state index is -2.84. The fraction of sp³-hybridized carbons (Fsp3) is 0.400. The number of sulfone groups is 1. The number of aryl methyl sites for hydroxylation is 1. The lowest BCUT2D eigenvalue weighted by Gasteiger charge is -2.10. The molecule has 3 rings (SSSR count). The third-order valence-corrected chi connectivity index (χ3v) is 5.64. The Kier molecular flexibility index (Phi) is 3.82. The van der Waals surface area contributed by atoms with Crippen LogP contribution < -0.4 is 5.32 Å². The van der Waals surface area contributed by atoms with E-state index in [1.165, 1.54) is 5.56 Å². The van der Waals surface area contributed by atoms with Crippen LogP contribution in [0.25, 0.3) is 11.3 Å². The average molecular weight is 305 g/mol. The van der Waals surface area contributed by atoms with Gasteiger partial charge in [0.1, 0.15) is 0 Å². The molecule has 1 aromatic carbocycles. The van der Waals surface area contributed by atoms with E-state index in [1.807, 2.05) is 0 Å². The SMILES string of the molecule is Cc1ccc(-c2[nH]ncc2CNC2CCS(=O)(=O)C2)cc1. The molecule has 1 aromatic heterocycles. The van der Waals surface area contributed by atoms with Gasteiger partial charge in [0.05, 0.1) is 23.4 Å². The van der Waals surface area contributed by atoms with Gasteiger partial charge in [-0.25, -0.2) is 8.42 Å². The van der Waals surface area contributed by atoms with Crippen LogP contribution in [0.2, 0.25) is 0 Å². The van der Waals surface area contributed by atoms with Crippen LogP contribution in [0.1, 0.15) is 17.5 Å². The molecule has 0 bridgehead atoms. The molecule has 1 aliphatic rings. The molecular weight excluding hydrogens is 286 g/mol. The molecular formula is C15H19N3O2S. The zero-order chi connectivity index (χ0) is 14.9. The first-order chi connectivity index (χ1) is 10.0. The van der Waals surface area contributed by atoms with Crippen LogP contribution >= 0.6 is 0 Å². The summed E-state index contributed by atoms with van der Waals surface area (Å²) in [6.07, 6.45) is 2.49. The van der Waals surface area contributed by atoms with Crippen molar-refractivity contribution in [2.75, 3.05) is 11.5 Å². The number of benzene rings is 1. The van der Waals surface area contributed by atoms with Crippen molar-refractivity contribution in [3.63, 3.8) is 0 Å². The van der Waals surface area contributed by atoms with Crippen LogP contribution in [0.15, 0.2) is 30.5 Å². The zero-order valence-corrected chi connectivity index (χ0v) is 12.8. The number of aromatic nitrogens is 2. The summed E-state index contributed by atoms with van der Waals surface area (Å²) in [6.45, 7) is 2.68. The van der Waals surface area contributed by atoms with E-state index in [4.69, 9.17) is 0 Å². The molecule has 1 unspecified atom stereocenters. The lowest BCUT2D eigenvalue weighted by molar-refractivity contribution is 0.554. The number of H-pyrrole nitrogens is 1. The highest BCUT2D eigenvalue weighted by atomic mass is 32.2. The molecule has 2 aromatic rings. The van der Waals surface area contributed by atoms with Crippen LogP contribution in [0, 0.1) is 6.92 Å². The lowest BCUT2D eigenvalue weighted by Crippen LogP contribution is -2.29. The molecule has 21 heavy (non-hydrogen) atoms. The van der Waals surface area contributed by atoms with Crippen LogP contribution in [-0.2, 0) is 16.4 Å². The van der Waals surface area contributed by atoms with Crippen LogP contribution in [-0.4, -0.2) is 36.2 Å². The van der Waals surface area contributed by atoms with Crippen LogP contribution in [0.3, 0.4) is 0 Å². The van der Waals surface area contributed by atoms with Crippen molar-refractivity contribution >= 4 is 9.84 Å². The smallest absolute Gasteiger partial charge is 0.151 e. The predicted octanol–water partition coefficient (Wildman–Crippen LogP) is 1.66. The van der Waals surface area contributed by atoms with Crippen molar-refractivity contribution in [2.45, 2.75) is 25.9 Å². The maximum Gasteiger partial charge on any atom is 0.151 e. The first-order valence-electron chi connectivity index (χ1n) is 7.06. The molecule has 0 spiro atoms. The zero-order valence-electron chi connectivity index (χ0n) is 12.0. The van der Waals surface area contributed by atoms with Gasteiger partial charge in [-0.1, -0.05) is 29.8 Å². The summed E-state index contributed by atoms with van der Waals surface area (Å²) < 4.78 is 22.9. The summed E-state index contributed by atoms with van der Waals surface area (Å²) in [4.78, 5) is 0. The maximum atomic E-state index is 11.5. The van der Waals surface area contributed by atoms with Gasteiger partial charge in [-0.15, -0.1) is 0 Å². The number of nitrogens with one attached hydrogen (secondary N) is 2. The summed E-state index contributed by atoms with van der Waals surface area (Å²) in [5.74, 6) is 0.533. The molecule has 0 saturated carbocycles. The Morgan fingerprint density at radius 1 is 1.33 bits per heavy atom. The second-order valence-corrected chi connectivity index (χ2v) is 7.85. The molecule has 0 radical (unpaired) electrons. The Bertz CT molecular complexity index is 720. The van der Waals surface area contributed by atoms with Crippen molar-refractivity contribution in [1.29, 1.82) is 0 Å². The Labute approximate surface area is 124 Å². The normalized spacial score (nSPS) is 20.7. The molecule has 1 atom stereocenters. The second-order valence-electron chi connectivity index (χ2n) is 5.62. The van der Waals surface area contributed by atoms with E-state index in [1.54, 1.807) is 6.20 Å². The second kappa shape index (κ2) is 5.61. The molecule has 6 heteroatoms. The summed E-state index contributed by atoms with van der Waals surface area (Å²) >= 11 is 0. The van der Waals surface area contributed by atoms with Gasteiger partial charge >= 0.3 is 0 Å². The van der Waals surface area contributed by atoms with Gasteiger partial charge in [-0.2, -0.15) is 5.10 Å². The fourth-order valence-corrected chi connectivity index (χ4v) is 4.33. The van der Waals surface area contributed by atoms with Gasteiger partial charge in [-0.05, 0) is 18.9 Å². The number of hydrogen-bond acceptors (Lipinski definition) is 4. The first-order valence-corrected chi connectivity index (χ1v) is 8.89. The Hall–Kier alpha value is -1.66. The molecule has 5 nitrogen and oxygen atoms in total. The van der Waals surface area contributed by atoms with Gasteiger partial charge in [0.2, 0.25) is 0 Å². The van der Waals surface area contributed by atoms with E-state index in [-0.39, 0.29) is 11.8 Å². The summed E-state index contributed by atoms with van der Waals surface area (Å²) in [7, 11) is -2.84. The van der Waals surface area contributed by atoms with E-state index < -0.39 is 9.84 Å². The maximum absolute atomic E-state index is 11.5. The Balaban J connectivity index is 1.70. The molecule has 1 fully saturated rings. The third-order valence-electron chi connectivity index (χ3n) is 3.87. The predicted molar refractivity (Wildman–Crippen MR) is 82.7 cm³/mol. The Morgan fingerprint density at radius 3 is 2.76 bits per heavy atom. The molecule has 0 aliphatic carbocycles. The van der Waals surface area contributed by atoms with Gasteiger partial charge in [0, 0.05) is 18.2 Å². The monoisotopic (exact) mass is 305 g/mol. The number of rotatable bonds is 4. The summed E-state index contributed by atoms with van der Waals surface area (Å²) in [6, 6.07) is 8.31. The molecule has 1 saturated heterocycles. The third kappa shape index (κ3) is 3.33. The Morgan fingerprint density at radius 2 is 2.10 bits per heavy atom. The van der Waals surface area contributed by atoms with E-state index in [9.17, 15) is 8.42 Å². The first kappa shape index (κ1) is 14.3. The van der Waals surface area contributed by atoms with Gasteiger partial charge in [0.15, 0.2) is 9.84 Å². The van der Waals surface area contributed by atoms with Crippen molar-refractivity contribution < 1.29 is 8.42 Å². The van der Waals surface area contributed by atoms with Crippen molar-refractivity contribution in [3.8, 4) is 11.3 Å². The minimum absolute atomic E-state index is 0.0516. The van der Waals surface area contributed by atoms with E-state index >= 15 is 0 Å². The molecule has 2 N–H and O–H groups in total. The number of hydrogen-bond donors (Lipinski definition) is 2. The number of nitrogens with zero attached hydrogens (tertiary/aromatic N) is 1. The molecule has 112 valence electrons. The van der Waals surface area contributed by atoms with Gasteiger partial charge in [-0.3, -0.25) is 5.10 Å². The van der Waals surface area contributed by atoms with Crippen molar-refractivity contribution in [2.24, 2.45) is 0 Å². The molecule has 0 amide bonds. The van der Waals surface area contributed by atoms with Gasteiger partial charge < -0.3 is 5.32 Å². The average Bonchev–Trinajstić information content (AvgIpc) is 3.03. The van der Waals surface area contributed by atoms with Gasteiger partial charge in [0.25, 0.3) is 0 Å². The van der Waals surface area contributed by atoms with E-state index in [0.29, 0.717) is 18.7 Å². The highest BCUT2D eigenvalue weighted by molar-refractivity contribution is 7.91. The molecule has 1 aliphatic heterocycles. The molecule has 2 heterocycles. The summed E-state index contributed by atoms with van der Waals surface area (Å²) in [5, 5.41) is 10.5. The van der Waals surface area contributed by atoms with Crippen LogP contribution in [0.5, 0.6) is 0 Å². The number of aromatic amines is 1. The van der Waals surface area contributed by atoms with Crippen molar-refractivity contribution in [3.05, 3.63) is 41.6 Å². The van der Waals surface area contributed by atoms with E-state index in [2.05, 4.69) is 46.7 Å². The highest BCUT2D eigenvalue weighted by Crippen LogP contribution is 2.22. The van der Waals surface area contributed by atoms with Crippen LogP contribution in [0.4, 0.5) is 0 Å². The quantitative estimate of drug-likeness (QED) is 0.901. The standard InChI is InChI=1S/C15H19N3O2S/c1-11-2-4-12(5-3-11)15-13(9-17-18-15)8-16-14-6-7-21(19,20)10-14/h2-5,9,14,16H,6-8,10H2,1H3,(H,17,18). The van der Waals surface area contributed by atoms with Crippen molar-refractivity contribution in [1.82, 2.24) is 15.5 Å². The topological polar surface area (TPSA) is 74.8 Å². The largest absolute Gasteiger partial charge is 0.309 e. The summed E-state index contributed by atoms with van der Waals surface area (Å²) in [5.41, 5.74) is 4.36. The minimum Gasteiger partial charge on any atom is -0.309 e.